The van der Waals surface area contributed by atoms with Crippen molar-refractivity contribution in [2.75, 3.05) is 7.11 Å². The van der Waals surface area contributed by atoms with Gasteiger partial charge in [-0.25, -0.2) is 9.78 Å². The molecule has 2 heterocycles. The second-order valence-electron chi connectivity index (χ2n) is 5.72. The van der Waals surface area contributed by atoms with E-state index < -0.39 is 12.2 Å². The summed E-state index contributed by atoms with van der Waals surface area (Å²) in [5.41, 5.74) is 5.62. The van der Waals surface area contributed by atoms with Gasteiger partial charge in [0.05, 0.1) is 24.4 Å². The Morgan fingerprint density at radius 2 is 2.00 bits per heavy atom. The lowest BCUT2D eigenvalue weighted by Gasteiger charge is -2.18. The van der Waals surface area contributed by atoms with Crippen LogP contribution in [0.4, 0.5) is 4.79 Å². The zero-order chi connectivity index (χ0) is 17.2. The first kappa shape index (κ1) is 15.7. The maximum atomic E-state index is 11.9. The van der Waals surface area contributed by atoms with Crippen molar-refractivity contribution in [2.45, 2.75) is 12.1 Å². The number of rotatable bonds is 4. The number of nitrogens with one attached hydrogen (secondary N) is 1. The van der Waals surface area contributed by atoms with Gasteiger partial charge in [-0.3, -0.25) is 0 Å². The van der Waals surface area contributed by atoms with Gasteiger partial charge < -0.3 is 14.8 Å². The number of carbonyl (C=O) groups excluding carboxylic acids is 1. The average Bonchev–Trinajstić information content (AvgIpc) is 3.32. The van der Waals surface area contributed by atoms with Gasteiger partial charge in [-0.15, -0.1) is 11.3 Å². The molecule has 5 nitrogen and oxygen atoms in total. The first-order valence-corrected chi connectivity index (χ1v) is 8.78. The Kier molecular flexibility index (Phi) is 4.11. The minimum atomic E-state index is -0.420. The Morgan fingerprint density at radius 3 is 2.80 bits per heavy atom. The van der Waals surface area contributed by atoms with Crippen molar-refractivity contribution < 1.29 is 14.3 Å². The normalized spacial score (nSPS) is 19.3. The monoisotopic (exact) mass is 352 g/mol. The lowest BCUT2D eigenvalue weighted by molar-refractivity contribution is 0.132. The van der Waals surface area contributed by atoms with Crippen LogP contribution < -0.4 is 10.1 Å². The van der Waals surface area contributed by atoms with Gasteiger partial charge in [0, 0.05) is 10.9 Å². The molecule has 6 heteroatoms. The highest BCUT2D eigenvalue weighted by molar-refractivity contribution is 7.07. The maximum Gasteiger partial charge on any atom is 0.408 e. The number of carbonyl (C=O) groups is 1. The number of thiazole rings is 1. The highest BCUT2D eigenvalue weighted by Crippen LogP contribution is 2.38. The Labute approximate surface area is 149 Å². The fourth-order valence-electron chi connectivity index (χ4n) is 3.00. The van der Waals surface area contributed by atoms with Crippen molar-refractivity contribution in [2.24, 2.45) is 0 Å². The van der Waals surface area contributed by atoms with Gasteiger partial charge in [0.2, 0.25) is 0 Å². The van der Waals surface area contributed by atoms with Gasteiger partial charge in [0.15, 0.2) is 6.10 Å². The summed E-state index contributed by atoms with van der Waals surface area (Å²) in [7, 11) is 1.62. The van der Waals surface area contributed by atoms with Crippen molar-refractivity contribution in [3.8, 4) is 17.0 Å². The summed E-state index contributed by atoms with van der Waals surface area (Å²) >= 11 is 1.55. The molecule has 0 spiro atoms. The summed E-state index contributed by atoms with van der Waals surface area (Å²) < 4.78 is 10.8. The Bertz CT molecular complexity index is 895. The molecular weight excluding hydrogens is 336 g/mol. The summed E-state index contributed by atoms with van der Waals surface area (Å²) in [6.45, 7) is 0. The molecule has 3 aromatic rings. The van der Waals surface area contributed by atoms with Gasteiger partial charge in [0.1, 0.15) is 5.75 Å². The molecule has 25 heavy (non-hydrogen) atoms. The number of benzene rings is 2. The van der Waals surface area contributed by atoms with Crippen LogP contribution >= 0.6 is 11.3 Å². The molecule has 0 saturated carbocycles. The quantitative estimate of drug-likeness (QED) is 0.759. The number of nitrogens with zero attached hydrogens (tertiary/aromatic N) is 1. The second-order valence-corrected chi connectivity index (χ2v) is 6.44. The number of cyclic esters (lactones) is 1. The third-order valence-electron chi connectivity index (χ3n) is 4.21. The van der Waals surface area contributed by atoms with Crippen molar-refractivity contribution in [3.63, 3.8) is 0 Å². The van der Waals surface area contributed by atoms with Crippen molar-refractivity contribution in [1.29, 1.82) is 0 Å². The van der Waals surface area contributed by atoms with Gasteiger partial charge in [0.25, 0.3) is 0 Å². The third kappa shape index (κ3) is 3.08. The van der Waals surface area contributed by atoms with Crippen LogP contribution in [-0.2, 0) is 4.74 Å². The van der Waals surface area contributed by atoms with Crippen molar-refractivity contribution in [3.05, 3.63) is 70.5 Å². The summed E-state index contributed by atoms with van der Waals surface area (Å²) in [5, 5.41) is 4.91. The van der Waals surface area contributed by atoms with E-state index >= 15 is 0 Å². The maximum absolute atomic E-state index is 11.9. The smallest absolute Gasteiger partial charge is 0.408 e. The third-order valence-corrected chi connectivity index (χ3v) is 4.79. The van der Waals surface area contributed by atoms with E-state index in [2.05, 4.69) is 10.3 Å². The van der Waals surface area contributed by atoms with E-state index in [9.17, 15) is 4.79 Å². The zero-order valence-corrected chi connectivity index (χ0v) is 14.3. The molecule has 1 aromatic heterocycles. The molecular formula is C19H16N2O3S. The van der Waals surface area contributed by atoms with E-state index in [1.54, 1.807) is 18.4 Å². The van der Waals surface area contributed by atoms with Gasteiger partial charge in [-0.05, 0) is 29.3 Å². The van der Waals surface area contributed by atoms with Gasteiger partial charge in [-0.1, -0.05) is 30.3 Å². The van der Waals surface area contributed by atoms with E-state index in [0.717, 1.165) is 28.1 Å². The van der Waals surface area contributed by atoms with E-state index in [1.807, 2.05) is 59.4 Å². The average molecular weight is 352 g/mol. The van der Waals surface area contributed by atoms with Crippen LogP contribution in [0, 0.1) is 0 Å². The fourth-order valence-corrected chi connectivity index (χ4v) is 3.56. The summed E-state index contributed by atoms with van der Waals surface area (Å²) in [6, 6.07) is 15.3. The Morgan fingerprint density at radius 1 is 1.16 bits per heavy atom. The predicted molar refractivity (Wildman–Crippen MR) is 95.6 cm³/mol. The first-order valence-electron chi connectivity index (χ1n) is 7.84. The highest BCUT2D eigenvalue weighted by atomic mass is 32.1. The molecule has 1 aliphatic heterocycles. The Balaban J connectivity index is 1.70. The first-order chi connectivity index (χ1) is 12.2. The summed E-state index contributed by atoms with van der Waals surface area (Å²) in [4.78, 5) is 16.3. The van der Waals surface area contributed by atoms with E-state index in [1.165, 1.54) is 0 Å². The SMILES string of the molecule is COc1cccc([C@H]2OC(=O)N[C@@H]2c2cccc(-c3cscn3)c2)c1. The standard InChI is InChI=1S/C19H16N2O3S/c1-23-15-7-3-6-14(9-15)18-17(21-19(22)24-18)13-5-2-4-12(8-13)16-10-25-11-20-16/h2-11,17-18H,1H3,(H,21,22)/t17-,18-/m1/s1. The number of hydrogen-bond acceptors (Lipinski definition) is 5. The van der Waals surface area contributed by atoms with E-state index in [4.69, 9.17) is 9.47 Å². The molecule has 1 amide bonds. The molecule has 0 bridgehead atoms. The van der Waals surface area contributed by atoms with Crippen LogP contribution in [0.3, 0.4) is 0 Å². The number of hydrogen-bond donors (Lipinski definition) is 1. The molecule has 0 unspecified atom stereocenters. The van der Waals surface area contributed by atoms with Crippen molar-refractivity contribution in [1.82, 2.24) is 10.3 Å². The zero-order valence-electron chi connectivity index (χ0n) is 13.5. The largest absolute Gasteiger partial charge is 0.497 e. The van der Waals surface area contributed by atoms with Crippen LogP contribution in [0.2, 0.25) is 0 Å². The number of aromatic nitrogens is 1. The van der Waals surface area contributed by atoms with Crippen molar-refractivity contribution >= 4 is 17.4 Å². The van der Waals surface area contributed by atoms with Gasteiger partial charge in [-0.2, -0.15) is 0 Å². The van der Waals surface area contributed by atoms with E-state index in [-0.39, 0.29) is 6.04 Å². The molecule has 4 rings (SSSR count). The van der Waals surface area contributed by atoms with Crippen LogP contribution in [0.15, 0.2) is 59.4 Å². The molecule has 0 aliphatic carbocycles. The molecule has 0 radical (unpaired) electrons. The number of alkyl carbamates (subject to hydrolysis) is 1. The predicted octanol–water partition coefficient (Wildman–Crippen LogP) is 4.34. The minimum absolute atomic E-state index is 0.266. The number of methoxy groups -OCH3 is 1. The molecule has 1 aliphatic rings. The van der Waals surface area contributed by atoms with Crippen LogP contribution in [0.1, 0.15) is 23.3 Å². The number of ether oxygens (including phenoxy) is 2. The summed E-state index contributed by atoms with van der Waals surface area (Å²) in [6.07, 6.45) is -0.829. The van der Waals surface area contributed by atoms with E-state index in [0.29, 0.717) is 0 Å². The second kappa shape index (κ2) is 6.57. The molecule has 1 saturated heterocycles. The molecule has 1 N–H and O–H groups in total. The minimum Gasteiger partial charge on any atom is -0.497 e. The lowest BCUT2D eigenvalue weighted by atomic mass is 9.95. The Hall–Kier alpha value is -2.86. The van der Waals surface area contributed by atoms with Gasteiger partial charge >= 0.3 is 6.09 Å². The molecule has 126 valence electrons. The molecule has 2 atom stereocenters. The summed E-state index contributed by atoms with van der Waals surface area (Å²) in [5.74, 6) is 0.732. The van der Waals surface area contributed by atoms with Crippen LogP contribution in [-0.4, -0.2) is 18.2 Å². The molecule has 2 aromatic carbocycles. The van der Waals surface area contributed by atoms with Crippen LogP contribution in [0.25, 0.3) is 11.3 Å². The lowest BCUT2D eigenvalue weighted by Crippen LogP contribution is -2.19. The highest BCUT2D eigenvalue weighted by Gasteiger charge is 2.36. The molecule has 1 fully saturated rings. The van der Waals surface area contributed by atoms with Crippen LogP contribution in [0.5, 0.6) is 5.75 Å². The topological polar surface area (TPSA) is 60.5 Å². The fraction of sp³-hybridized carbons (Fsp3) is 0.158. The number of amides is 1.